The summed E-state index contributed by atoms with van der Waals surface area (Å²) in [6, 6.07) is 7.20. The van der Waals surface area contributed by atoms with E-state index < -0.39 is 29.3 Å². The Balaban J connectivity index is 1.89. The second-order valence-corrected chi connectivity index (χ2v) is 6.71. The number of alkyl halides is 3. The van der Waals surface area contributed by atoms with Crippen molar-refractivity contribution in [3.63, 3.8) is 0 Å². The highest BCUT2D eigenvalue weighted by molar-refractivity contribution is 5.96. The van der Waals surface area contributed by atoms with Crippen LogP contribution in [0.3, 0.4) is 0 Å². The van der Waals surface area contributed by atoms with Gasteiger partial charge in [-0.1, -0.05) is 0 Å². The fraction of sp³-hybridized carbons (Fsp3) is 0.316. The maximum Gasteiger partial charge on any atom is 0.417 e. The zero-order valence-electron chi connectivity index (χ0n) is 15.5. The Bertz CT molecular complexity index is 992. The summed E-state index contributed by atoms with van der Waals surface area (Å²) < 4.78 is 41.4. The number of benzene rings is 1. The van der Waals surface area contributed by atoms with Crippen LogP contribution >= 0.6 is 0 Å². The molecular weight excluding hydrogens is 387 g/mol. The summed E-state index contributed by atoms with van der Waals surface area (Å²) in [5.74, 6) is -1.13. The summed E-state index contributed by atoms with van der Waals surface area (Å²) in [5, 5.41) is 8.94. The third-order valence-corrected chi connectivity index (χ3v) is 4.93. The smallest absolute Gasteiger partial charge is 0.368 e. The van der Waals surface area contributed by atoms with Crippen LogP contribution in [-0.2, 0) is 18.0 Å². The molecule has 1 aromatic heterocycles. The molecule has 3 rings (SSSR count). The zero-order valence-corrected chi connectivity index (χ0v) is 15.5. The first-order valence-corrected chi connectivity index (χ1v) is 8.71. The lowest BCUT2D eigenvalue weighted by Crippen LogP contribution is -2.60. The lowest BCUT2D eigenvalue weighted by molar-refractivity contribution is -0.137. The highest BCUT2D eigenvalue weighted by atomic mass is 19.4. The number of carbonyl (C=O) groups is 2. The predicted octanol–water partition coefficient (Wildman–Crippen LogP) is 1.73. The molecule has 1 aliphatic heterocycles. The molecule has 7 nitrogen and oxygen atoms in total. The largest absolute Gasteiger partial charge is 0.417 e. The van der Waals surface area contributed by atoms with Crippen LogP contribution in [0.25, 0.3) is 0 Å². The monoisotopic (exact) mass is 405 g/mol. The fourth-order valence-electron chi connectivity index (χ4n) is 3.40. The van der Waals surface area contributed by atoms with Crippen molar-refractivity contribution in [1.82, 2.24) is 9.47 Å². The molecule has 0 saturated carbocycles. The summed E-state index contributed by atoms with van der Waals surface area (Å²) in [6.07, 6.45) is -2.99. The van der Waals surface area contributed by atoms with Gasteiger partial charge >= 0.3 is 6.18 Å². The first-order valence-electron chi connectivity index (χ1n) is 8.71. The average molecular weight is 405 g/mol. The number of nitrogens with zero attached hydrogens (tertiary/aromatic N) is 4. The van der Waals surface area contributed by atoms with Crippen LogP contribution in [0, 0.1) is 11.3 Å². The number of nitriles is 1. The van der Waals surface area contributed by atoms with Gasteiger partial charge in [0.15, 0.2) is 0 Å². The van der Waals surface area contributed by atoms with E-state index in [0.29, 0.717) is 5.69 Å². The first-order chi connectivity index (χ1) is 13.6. The highest BCUT2D eigenvalue weighted by Crippen LogP contribution is 2.35. The number of nitrogens with two attached hydrogens (primary N) is 1. The van der Waals surface area contributed by atoms with Gasteiger partial charge in [-0.15, -0.1) is 0 Å². The minimum Gasteiger partial charge on any atom is -0.368 e. The zero-order chi connectivity index (χ0) is 21.3. The van der Waals surface area contributed by atoms with Gasteiger partial charge in [-0.3, -0.25) is 9.59 Å². The molecule has 0 radical (unpaired) electrons. The summed E-state index contributed by atoms with van der Waals surface area (Å²) in [5.41, 5.74) is 4.54. The molecule has 1 aromatic carbocycles. The van der Waals surface area contributed by atoms with Crippen molar-refractivity contribution >= 4 is 17.5 Å². The van der Waals surface area contributed by atoms with Crippen molar-refractivity contribution in [3.8, 4) is 6.07 Å². The highest BCUT2D eigenvalue weighted by Gasteiger charge is 2.37. The van der Waals surface area contributed by atoms with E-state index in [1.54, 1.807) is 34.8 Å². The van der Waals surface area contributed by atoms with Crippen LogP contribution in [0.2, 0.25) is 0 Å². The molecule has 2 aromatic rings. The van der Waals surface area contributed by atoms with Gasteiger partial charge in [0.2, 0.25) is 5.91 Å². The van der Waals surface area contributed by atoms with E-state index in [4.69, 9.17) is 11.0 Å². The fourth-order valence-corrected chi connectivity index (χ4v) is 3.40. The van der Waals surface area contributed by atoms with Crippen LogP contribution < -0.4 is 10.6 Å². The van der Waals surface area contributed by atoms with E-state index in [9.17, 15) is 22.8 Å². The number of halogens is 3. The maximum atomic E-state index is 13.3. The Hall–Kier alpha value is -3.48. The van der Waals surface area contributed by atoms with Gasteiger partial charge < -0.3 is 20.1 Å². The van der Waals surface area contributed by atoms with E-state index in [1.807, 2.05) is 0 Å². The van der Waals surface area contributed by atoms with Crippen molar-refractivity contribution < 1.29 is 22.8 Å². The Morgan fingerprint density at radius 2 is 1.97 bits per heavy atom. The molecule has 2 N–H and O–H groups in total. The number of aromatic nitrogens is 1. The lowest BCUT2D eigenvalue weighted by Gasteiger charge is -2.41. The number of amides is 2. The van der Waals surface area contributed by atoms with Crippen molar-refractivity contribution in [2.75, 3.05) is 24.5 Å². The normalized spacial score (nSPS) is 17.1. The lowest BCUT2D eigenvalue weighted by atomic mass is 10.0. The molecule has 2 amide bonds. The molecule has 0 aliphatic carbocycles. The molecule has 0 bridgehead atoms. The molecule has 1 aliphatic rings. The van der Waals surface area contributed by atoms with Crippen LogP contribution in [0.1, 0.15) is 21.6 Å². The van der Waals surface area contributed by atoms with Crippen molar-refractivity contribution in [1.29, 1.82) is 5.26 Å². The first kappa shape index (κ1) is 20.3. The summed E-state index contributed by atoms with van der Waals surface area (Å²) >= 11 is 0. The molecule has 0 spiro atoms. The van der Waals surface area contributed by atoms with Crippen LogP contribution in [-0.4, -0.2) is 47.0 Å². The summed E-state index contributed by atoms with van der Waals surface area (Å²) in [6.45, 7) is 0.275. The minimum atomic E-state index is -4.69. The molecule has 1 atom stereocenters. The Morgan fingerprint density at radius 3 is 2.52 bits per heavy atom. The molecule has 29 heavy (non-hydrogen) atoms. The minimum absolute atomic E-state index is 0.0469. The van der Waals surface area contributed by atoms with Gasteiger partial charge in [-0.25, -0.2) is 0 Å². The topological polar surface area (TPSA) is 95.4 Å². The Kier molecular flexibility index (Phi) is 5.24. The van der Waals surface area contributed by atoms with E-state index in [0.717, 1.165) is 12.1 Å². The van der Waals surface area contributed by atoms with Crippen LogP contribution in [0.15, 0.2) is 36.5 Å². The third kappa shape index (κ3) is 3.89. The van der Waals surface area contributed by atoms with Gasteiger partial charge in [-0.05, 0) is 30.3 Å². The summed E-state index contributed by atoms with van der Waals surface area (Å²) in [4.78, 5) is 27.7. The number of carbonyl (C=O) groups excluding carboxylic acids is 2. The van der Waals surface area contributed by atoms with Gasteiger partial charge in [0.1, 0.15) is 11.7 Å². The number of aryl methyl sites for hydroxylation is 1. The predicted molar refractivity (Wildman–Crippen MR) is 97.8 cm³/mol. The van der Waals surface area contributed by atoms with Crippen molar-refractivity contribution in [2.45, 2.75) is 12.2 Å². The molecular formula is C19H18F3N5O2. The van der Waals surface area contributed by atoms with E-state index in [1.165, 1.54) is 17.0 Å². The second-order valence-electron chi connectivity index (χ2n) is 6.71. The van der Waals surface area contributed by atoms with Crippen LogP contribution in [0.4, 0.5) is 18.9 Å². The van der Waals surface area contributed by atoms with E-state index in [-0.39, 0.29) is 31.2 Å². The van der Waals surface area contributed by atoms with Gasteiger partial charge in [0, 0.05) is 38.6 Å². The number of piperazine rings is 1. The molecule has 1 saturated heterocycles. The third-order valence-electron chi connectivity index (χ3n) is 4.93. The quantitative estimate of drug-likeness (QED) is 0.841. The van der Waals surface area contributed by atoms with Crippen LogP contribution in [0.5, 0.6) is 0 Å². The van der Waals surface area contributed by atoms with Crippen molar-refractivity contribution in [2.24, 2.45) is 12.8 Å². The second kappa shape index (κ2) is 7.50. The van der Waals surface area contributed by atoms with Gasteiger partial charge in [0.05, 0.1) is 17.2 Å². The summed E-state index contributed by atoms with van der Waals surface area (Å²) in [7, 11) is 1.69. The number of hydrogen-bond acceptors (Lipinski definition) is 4. The molecule has 10 heteroatoms. The molecule has 2 heterocycles. The number of primary amides is 1. The Labute approximate surface area is 164 Å². The van der Waals surface area contributed by atoms with E-state index >= 15 is 0 Å². The van der Waals surface area contributed by atoms with Gasteiger partial charge in [0.25, 0.3) is 5.91 Å². The molecule has 1 unspecified atom stereocenters. The number of anilines is 1. The maximum absolute atomic E-state index is 13.3. The Morgan fingerprint density at radius 1 is 1.24 bits per heavy atom. The van der Waals surface area contributed by atoms with E-state index in [2.05, 4.69) is 0 Å². The number of hydrogen-bond donors (Lipinski definition) is 1. The standard InChI is InChI=1S/C19H18F3N5O2/c1-25-6-2-3-15(25)18(29)27-8-7-26(11-16(27)17(24)28)13-5-4-12(10-23)14(9-13)19(20,21)22/h2-6,9,16H,7-8,11H2,1H3,(H2,24,28). The van der Waals surface area contributed by atoms with Gasteiger partial charge in [-0.2, -0.15) is 18.4 Å². The number of rotatable bonds is 3. The van der Waals surface area contributed by atoms with Crippen molar-refractivity contribution in [3.05, 3.63) is 53.3 Å². The SMILES string of the molecule is Cn1cccc1C(=O)N1CCN(c2ccc(C#N)c(C(F)(F)F)c2)CC1C(N)=O. The average Bonchev–Trinajstić information content (AvgIpc) is 3.11. The molecule has 1 fully saturated rings. The molecule has 152 valence electrons.